The van der Waals surface area contributed by atoms with Crippen molar-refractivity contribution in [2.45, 2.75) is 26.2 Å². The van der Waals surface area contributed by atoms with Gasteiger partial charge in [0, 0.05) is 29.8 Å². The Balaban J connectivity index is 1.62. The number of aromatic nitrogens is 3. The maximum atomic E-state index is 13.3. The third kappa shape index (κ3) is 3.98. The Morgan fingerprint density at radius 2 is 1.97 bits per heavy atom. The molecule has 4 rings (SSSR count). The Labute approximate surface area is 172 Å². The van der Waals surface area contributed by atoms with Gasteiger partial charge in [-0.15, -0.1) is 0 Å². The molecule has 1 atom stereocenters. The average Bonchev–Trinajstić information content (AvgIpc) is 3.16. The summed E-state index contributed by atoms with van der Waals surface area (Å²) in [5.74, 6) is -0.711. The van der Waals surface area contributed by atoms with Gasteiger partial charge < -0.3 is 10.6 Å². The monoisotopic (exact) mass is 405 g/mol. The molecule has 0 spiro atoms. The van der Waals surface area contributed by atoms with Crippen LogP contribution in [0.3, 0.4) is 0 Å². The number of benzene rings is 2. The minimum absolute atomic E-state index is 0.113. The summed E-state index contributed by atoms with van der Waals surface area (Å²) in [6.07, 6.45) is 3.15. The van der Waals surface area contributed by atoms with Crippen molar-refractivity contribution in [3.8, 4) is 5.69 Å². The Morgan fingerprint density at radius 3 is 2.67 bits per heavy atom. The van der Waals surface area contributed by atoms with Crippen molar-refractivity contribution >= 4 is 17.5 Å². The number of nitrogens with zero attached hydrogens (tertiary/aromatic N) is 3. The summed E-state index contributed by atoms with van der Waals surface area (Å²) >= 11 is 0. The molecule has 1 aliphatic rings. The second kappa shape index (κ2) is 7.90. The van der Waals surface area contributed by atoms with Gasteiger partial charge in [0.25, 0.3) is 5.91 Å². The zero-order chi connectivity index (χ0) is 21.3. The molecule has 0 bridgehead atoms. The van der Waals surface area contributed by atoms with Gasteiger partial charge >= 0.3 is 0 Å². The van der Waals surface area contributed by atoms with Crippen LogP contribution >= 0.6 is 0 Å². The maximum Gasteiger partial charge on any atom is 0.253 e. The van der Waals surface area contributed by atoms with Crippen LogP contribution in [0.4, 0.5) is 10.1 Å². The van der Waals surface area contributed by atoms with Gasteiger partial charge in [-0.1, -0.05) is 18.2 Å². The summed E-state index contributed by atoms with van der Waals surface area (Å²) in [5, 5.41) is 9.83. The van der Waals surface area contributed by atoms with E-state index in [-0.39, 0.29) is 24.1 Å². The molecule has 0 saturated heterocycles. The Kier molecular flexibility index (Phi) is 5.14. The van der Waals surface area contributed by atoms with Crippen LogP contribution in [0.2, 0.25) is 0 Å². The summed E-state index contributed by atoms with van der Waals surface area (Å²) in [6, 6.07) is 11.4. The van der Waals surface area contributed by atoms with Crippen molar-refractivity contribution in [2.75, 3.05) is 5.32 Å². The van der Waals surface area contributed by atoms with Gasteiger partial charge in [0.15, 0.2) is 0 Å². The Bertz CT molecular complexity index is 1150. The van der Waals surface area contributed by atoms with Gasteiger partial charge in [0.2, 0.25) is 5.91 Å². The van der Waals surface area contributed by atoms with E-state index in [0.717, 1.165) is 11.3 Å². The summed E-state index contributed by atoms with van der Waals surface area (Å²) in [5.41, 5.74) is 3.38. The molecule has 1 unspecified atom stereocenters. The summed E-state index contributed by atoms with van der Waals surface area (Å²) in [7, 11) is 0. The number of nitrogens with one attached hydrogen (secondary N) is 2. The number of carbonyl (C=O) groups excluding carboxylic acids is 2. The first kappa shape index (κ1) is 19.5. The maximum absolute atomic E-state index is 13.3. The Hall–Kier alpha value is -3.81. The molecule has 0 radical (unpaired) electrons. The standard InChI is InChI=1S/C22H20FN5O2/c1-13-3-8-17(28-12-25-14(2)27-28)9-20(13)26-22(30)19-11-24-21(29)10-18(19)15-4-6-16(23)7-5-15/h3-9,11-12,18H,10H2,1-2H3,(H,24,29)(H,26,30). The molecule has 1 aromatic heterocycles. The number of rotatable bonds is 4. The zero-order valence-electron chi connectivity index (χ0n) is 16.5. The third-order valence-corrected chi connectivity index (χ3v) is 5.03. The molecule has 1 aliphatic heterocycles. The number of halogens is 1. The summed E-state index contributed by atoms with van der Waals surface area (Å²) < 4.78 is 14.9. The fourth-order valence-electron chi connectivity index (χ4n) is 3.38. The molecule has 0 saturated carbocycles. The Morgan fingerprint density at radius 1 is 1.20 bits per heavy atom. The predicted molar refractivity (Wildman–Crippen MR) is 109 cm³/mol. The van der Waals surface area contributed by atoms with Crippen LogP contribution in [0, 0.1) is 19.7 Å². The summed E-state index contributed by atoms with van der Waals surface area (Å²) in [6.45, 7) is 3.69. The molecule has 2 amide bonds. The first-order chi connectivity index (χ1) is 14.4. The number of hydrogen-bond donors (Lipinski definition) is 2. The lowest BCUT2D eigenvalue weighted by molar-refractivity contribution is -0.121. The second-order valence-corrected chi connectivity index (χ2v) is 7.17. The average molecular weight is 405 g/mol. The van der Waals surface area contributed by atoms with E-state index < -0.39 is 5.92 Å². The lowest BCUT2D eigenvalue weighted by Crippen LogP contribution is -2.32. The summed E-state index contributed by atoms with van der Waals surface area (Å²) in [4.78, 5) is 29.1. The quantitative estimate of drug-likeness (QED) is 0.698. The van der Waals surface area contributed by atoms with Gasteiger partial charge in [0.1, 0.15) is 18.0 Å². The van der Waals surface area contributed by atoms with Crippen LogP contribution < -0.4 is 10.6 Å². The molecular weight excluding hydrogens is 385 g/mol. The van der Waals surface area contributed by atoms with Gasteiger partial charge in [0.05, 0.1) is 5.69 Å². The van der Waals surface area contributed by atoms with Crippen molar-refractivity contribution in [1.82, 2.24) is 20.1 Å². The van der Waals surface area contributed by atoms with E-state index in [1.165, 1.54) is 18.3 Å². The smallest absolute Gasteiger partial charge is 0.253 e. The van der Waals surface area contributed by atoms with Crippen molar-refractivity contribution in [2.24, 2.45) is 0 Å². The highest BCUT2D eigenvalue weighted by atomic mass is 19.1. The van der Waals surface area contributed by atoms with Crippen LogP contribution in [0.1, 0.15) is 29.3 Å². The molecular formula is C22H20FN5O2. The SMILES string of the molecule is Cc1ncn(-c2ccc(C)c(NC(=O)C3=CNC(=O)CC3c3ccc(F)cc3)c2)n1. The van der Waals surface area contributed by atoms with E-state index in [1.54, 1.807) is 30.1 Å². The predicted octanol–water partition coefficient (Wildman–Crippen LogP) is 3.15. The van der Waals surface area contributed by atoms with Crippen LogP contribution in [-0.2, 0) is 9.59 Å². The van der Waals surface area contributed by atoms with E-state index in [4.69, 9.17) is 0 Å². The molecule has 152 valence electrons. The van der Waals surface area contributed by atoms with E-state index in [2.05, 4.69) is 20.7 Å². The molecule has 3 aromatic rings. The van der Waals surface area contributed by atoms with E-state index in [1.807, 2.05) is 25.1 Å². The van der Waals surface area contributed by atoms with Crippen LogP contribution in [0.5, 0.6) is 0 Å². The third-order valence-electron chi connectivity index (χ3n) is 5.03. The molecule has 0 fully saturated rings. The minimum atomic E-state index is -0.458. The zero-order valence-corrected chi connectivity index (χ0v) is 16.5. The van der Waals surface area contributed by atoms with Gasteiger partial charge in [-0.25, -0.2) is 14.1 Å². The van der Waals surface area contributed by atoms with E-state index in [0.29, 0.717) is 22.6 Å². The number of aryl methyl sites for hydroxylation is 2. The van der Waals surface area contributed by atoms with Crippen molar-refractivity contribution in [3.05, 3.63) is 83.3 Å². The molecule has 0 aliphatic carbocycles. The van der Waals surface area contributed by atoms with Crippen molar-refractivity contribution < 1.29 is 14.0 Å². The molecule has 2 heterocycles. The van der Waals surface area contributed by atoms with Gasteiger partial charge in [-0.05, 0) is 49.2 Å². The highest BCUT2D eigenvalue weighted by Gasteiger charge is 2.29. The van der Waals surface area contributed by atoms with E-state index >= 15 is 0 Å². The lowest BCUT2D eigenvalue weighted by atomic mass is 9.86. The van der Waals surface area contributed by atoms with E-state index in [9.17, 15) is 14.0 Å². The second-order valence-electron chi connectivity index (χ2n) is 7.17. The van der Waals surface area contributed by atoms with Crippen LogP contribution in [0.25, 0.3) is 5.69 Å². The van der Waals surface area contributed by atoms with Gasteiger partial charge in [-0.3, -0.25) is 9.59 Å². The largest absolute Gasteiger partial charge is 0.332 e. The number of carbonyl (C=O) groups is 2. The highest BCUT2D eigenvalue weighted by molar-refractivity contribution is 6.06. The first-order valence-electron chi connectivity index (χ1n) is 9.46. The van der Waals surface area contributed by atoms with Crippen LogP contribution in [0.15, 0.2) is 60.6 Å². The normalized spacial score (nSPS) is 16.0. The molecule has 30 heavy (non-hydrogen) atoms. The topological polar surface area (TPSA) is 88.9 Å². The number of anilines is 1. The minimum Gasteiger partial charge on any atom is -0.332 e. The van der Waals surface area contributed by atoms with Crippen molar-refractivity contribution in [3.63, 3.8) is 0 Å². The van der Waals surface area contributed by atoms with Gasteiger partial charge in [-0.2, -0.15) is 5.10 Å². The van der Waals surface area contributed by atoms with Crippen LogP contribution in [-0.4, -0.2) is 26.6 Å². The molecule has 7 nitrogen and oxygen atoms in total. The fourth-order valence-corrected chi connectivity index (χ4v) is 3.38. The molecule has 8 heteroatoms. The first-order valence-corrected chi connectivity index (χ1v) is 9.46. The molecule has 2 aromatic carbocycles. The highest BCUT2D eigenvalue weighted by Crippen LogP contribution is 2.31. The lowest BCUT2D eigenvalue weighted by Gasteiger charge is -2.24. The number of amides is 2. The fraction of sp³-hybridized carbons (Fsp3) is 0.182. The molecule has 2 N–H and O–H groups in total. The number of hydrogen-bond acceptors (Lipinski definition) is 4. The van der Waals surface area contributed by atoms with Crippen molar-refractivity contribution in [1.29, 1.82) is 0 Å².